The van der Waals surface area contributed by atoms with Crippen LogP contribution >= 0.6 is 0 Å². The summed E-state index contributed by atoms with van der Waals surface area (Å²) >= 11 is 0. The van der Waals surface area contributed by atoms with Crippen molar-refractivity contribution in [2.24, 2.45) is 4.99 Å². The number of nitrogens with one attached hydrogen (secondary N) is 2. The van der Waals surface area contributed by atoms with Gasteiger partial charge in [-0.1, -0.05) is 24.3 Å². The summed E-state index contributed by atoms with van der Waals surface area (Å²) in [5.41, 5.74) is 3.39. The first-order valence-corrected chi connectivity index (χ1v) is 9.62. The van der Waals surface area contributed by atoms with E-state index >= 15 is 0 Å². The third kappa shape index (κ3) is 5.00. The molecule has 2 aromatic rings. The molecule has 148 valence electrons. The van der Waals surface area contributed by atoms with E-state index in [-0.39, 0.29) is 16.7 Å². The molecule has 0 saturated carbocycles. The average Bonchev–Trinajstić information content (AvgIpc) is 3.26. The normalized spacial score (nSPS) is 15.4. The van der Waals surface area contributed by atoms with E-state index in [0.717, 1.165) is 18.7 Å². The maximum atomic E-state index is 10.9. The van der Waals surface area contributed by atoms with Crippen molar-refractivity contribution < 1.29 is 4.92 Å². The van der Waals surface area contributed by atoms with Gasteiger partial charge in [-0.05, 0) is 43.0 Å². The summed E-state index contributed by atoms with van der Waals surface area (Å²) in [6, 6.07) is 15.3. The Bertz CT molecular complexity index is 846. The lowest BCUT2D eigenvalue weighted by Crippen LogP contribution is -2.38. The smallest absolute Gasteiger partial charge is 0.269 e. The lowest BCUT2D eigenvalue weighted by molar-refractivity contribution is -0.384. The summed E-state index contributed by atoms with van der Waals surface area (Å²) < 4.78 is 0. The maximum Gasteiger partial charge on any atom is 0.269 e. The van der Waals surface area contributed by atoms with Crippen LogP contribution in [0.4, 0.5) is 11.4 Å². The van der Waals surface area contributed by atoms with Crippen LogP contribution in [0.3, 0.4) is 0 Å². The summed E-state index contributed by atoms with van der Waals surface area (Å²) in [6.45, 7) is 4.81. The first-order chi connectivity index (χ1) is 13.6. The van der Waals surface area contributed by atoms with Gasteiger partial charge in [0.05, 0.1) is 11.0 Å². The zero-order valence-electron chi connectivity index (χ0n) is 16.4. The van der Waals surface area contributed by atoms with Crippen LogP contribution in [-0.2, 0) is 6.54 Å². The molecule has 7 heteroatoms. The number of hydrogen-bond donors (Lipinski definition) is 2. The fourth-order valence-electron chi connectivity index (χ4n) is 3.41. The molecular weight excluding hydrogens is 354 g/mol. The molecule has 0 aliphatic carbocycles. The fourth-order valence-corrected chi connectivity index (χ4v) is 3.41. The van der Waals surface area contributed by atoms with E-state index in [1.807, 2.05) is 6.07 Å². The molecule has 1 aliphatic heterocycles. The van der Waals surface area contributed by atoms with Crippen LogP contribution in [-0.4, -0.2) is 31.0 Å². The van der Waals surface area contributed by atoms with Gasteiger partial charge < -0.3 is 15.5 Å². The van der Waals surface area contributed by atoms with Gasteiger partial charge in [-0.3, -0.25) is 15.1 Å². The van der Waals surface area contributed by atoms with E-state index in [1.165, 1.54) is 30.2 Å². The van der Waals surface area contributed by atoms with Gasteiger partial charge in [0.1, 0.15) is 0 Å². The van der Waals surface area contributed by atoms with Crippen LogP contribution in [0.1, 0.15) is 36.9 Å². The quantitative estimate of drug-likeness (QED) is 0.346. The molecule has 7 nitrogen and oxygen atoms in total. The van der Waals surface area contributed by atoms with Crippen molar-refractivity contribution in [2.45, 2.75) is 32.4 Å². The van der Waals surface area contributed by atoms with E-state index in [9.17, 15) is 10.1 Å². The number of anilines is 1. The Balaban J connectivity index is 1.60. The third-order valence-corrected chi connectivity index (χ3v) is 5.00. The van der Waals surface area contributed by atoms with Gasteiger partial charge in [0.2, 0.25) is 0 Å². The van der Waals surface area contributed by atoms with Crippen molar-refractivity contribution in [1.29, 1.82) is 0 Å². The highest BCUT2D eigenvalue weighted by Gasteiger charge is 2.14. The summed E-state index contributed by atoms with van der Waals surface area (Å²) in [6.07, 6.45) is 2.51. The Morgan fingerprint density at radius 3 is 2.68 bits per heavy atom. The number of aliphatic imine (C=N–C) groups is 1. The van der Waals surface area contributed by atoms with E-state index in [4.69, 9.17) is 0 Å². The number of rotatable bonds is 6. The van der Waals surface area contributed by atoms with Crippen molar-refractivity contribution >= 4 is 17.3 Å². The largest absolute Gasteiger partial charge is 0.372 e. The Hall–Kier alpha value is -3.09. The van der Waals surface area contributed by atoms with Crippen molar-refractivity contribution in [2.75, 3.05) is 25.0 Å². The number of nitrogens with zero attached hydrogens (tertiary/aromatic N) is 3. The van der Waals surface area contributed by atoms with Gasteiger partial charge in [0, 0.05) is 44.5 Å². The summed E-state index contributed by atoms with van der Waals surface area (Å²) in [4.78, 5) is 17.2. The first kappa shape index (κ1) is 19.7. The van der Waals surface area contributed by atoms with E-state index < -0.39 is 0 Å². The highest BCUT2D eigenvalue weighted by atomic mass is 16.6. The van der Waals surface area contributed by atoms with Crippen LogP contribution in [0.2, 0.25) is 0 Å². The molecule has 2 aromatic carbocycles. The van der Waals surface area contributed by atoms with E-state index in [2.05, 4.69) is 51.7 Å². The minimum atomic E-state index is -0.383. The molecule has 28 heavy (non-hydrogen) atoms. The molecule has 1 unspecified atom stereocenters. The number of hydrogen-bond acceptors (Lipinski definition) is 4. The van der Waals surface area contributed by atoms with Crippen LogP contribution in [0, 0.1) is 10.1 Å². The fraction of sp³-hybridized carbons (Fsp3) is 0.381. The SMILES string of the molecule is CN=C(NCc1cccc([N+](=O)[O-])c1)NC(C)c1cccc(N2CCCC2)c1. The Kier molecular flexibility index (Phi) is 6.47. The van der Waals surface area contributed by atoms with Gasteiger partial charge >= 0.3 is 0 Å². The molecule has 0 radical (unpaired) electrons. The monoisotopic (exact) mass is 381 g/mol. The number of guanidine groups is 1. The molecule has 0 spiro atoms. The van der Waals surface area contributed by atoms with Gasteiger partial charge in [-0.2, -0.15) is 0 Å². The van der Waals surface area contributed by atoms with Gasteiger partial charge in [-0.25, -0.2) is 0 Å². The highest BCUT2D eigenvalue weighted by molar-refractivity contribution is 5.80. The lowest BCUT2D eigenvalue weighted by Gasteiger charge is -2.22. The van der Waals surface area contributed by atoms with E-state index in [0.29, 0.717) is 12.5 Å². The minimum Gasteiger partial charge on any atom is -0.372 e. The van der Waals surface area contributed by atoms with E-state index in [1.54, 1.807) is 19.2 Å². The predicted molar refractivity (Wildman–Crippen MR) is 113 cm³/mol. The van der Waals surface area contributed by atoms with Gasteiger partial charge in [0.15, 0.2) is 5.96 Å². The van der Waals surface area contributed by atoms with Crippen molar-refractivity contribution in [1.82, 2.24) is 10.6 Å². The molecule has 1 atom stereocenters. The standard InChI is InChI=1S/C21H27N5O2/c1-16(18-8-6-9-19(14-18)25-11-3-4-12-25)24-21(22-2)23-15-17-7-5-10-20(13-17)26(27)28/h5-10,13-14,16H,3-4,11-12,15H2,1-2H3,(H2,22,23,24). The topological polar surface area (TPSA) is 82.8 Å². The average molecular weight is 381 g/mol. The van der Waals surface area contributed by atoms with Crippen molar-refractivity contribution in [3.8, 4) is 0 Å². The zero-order valence-corrected chi connectivity index (χ0v) is 16.4. The summed E-state index contributed by atoms with van der Waals surface area (Å²) in [5.74, 6) is 0.658. The number of nitro benzene ring substituents is 1. The number of nitro groups is 1. The Morgan fingerprint density at radius 1 is 1.21 bits per heavy atom. The second kappa shape index (κ2) is 9.21. The first-order valence-electron chi connectivity index (χ1n) is 9.62. The molecule has 0 amide bonds. The zero-order chi connectivity index (χ0) is 19.9. The number of benzene rings is 2. The van der Waals surface area contributed by atoms with Crippen LogP contribution in [0.25, 0.3) is 0 Å². The lowest BCUT2D eigenvalue weighted by atomic mass is 10.1. The molecular formula is C21H27N5O2. The second-order valence-electron chi connectivity index (χ2n) is 7.01. The number of non-ortho nitro benzene ring substituents is 1. The Morgan fingerprint density at radius 2 is 1.96 bits per heavy atom. The van der Waals surface area contributed by atoms with Crippen molar-refractivity contribution in [3.05, 3.63) is 69.8 Å². The highest BCUT2D eigenvalue weighted by Crippen LogP contribution is 2.24. The minimum absolute atomic E-state index is 0.0823. The molecule has 2 N–H and O–H groups in total. The summed E-state index contributed by atoms with van der Waals surface area (Å²) in [5, 5.41) is 17.5. The predicted octanol–water partition coefficient (Wildman–Crippen LogP) is 3.62. The molecule has 1 heterocycles. The third-order valence-electron chi connectivity index (χ3n) is 5.00. The van der Waals surface area contributed by atoms with Gasteiger partial charge in [-0.15, -0.1) is 0 Å². The van der Waals surface area contributed by atoms with Crippen LogP contribution in [0.5, 0.6) is 0 Å². The summed E-state index contributed by atoms with van der Waals surface area (Å²) in [7, 11) is 1.72. The Labute approximate surface area is 165 Å². The van der Waals surface area contributed by atoms with Crippen LogP contribution in [0.15, 0.2) is 53.5 Å². The van der Waals surface area contributed by atoms with Crippen molar-refractivity contribution in [3.63, 3.8) is 0 Å². The maximum absolute atomic E-state index is 10.9. The second-order valence-corrected chi connectivity index (χ2v) is 7.01. The molecule has 0 bridgehead atoms. The van der Waals surface area contributed by atoms with Crippen LogP contribution < -0.4 is 15.5 Å². The van der Waals surface area contributed by atoms with Gasteiger partial charge in [0.25, 0.3) is 5.69 Å². The molecule has 3 rings (SSSR count). The molecule has 1 aliphatic rings. The molecule has 0 aromatic heterocycles. The molecule has 1 fully saturated rings. The molecule has 1 saturated heterocycles.